The molecule has 3 N–H and O–H groups in total. The van der Waals surface area contributed by atoms with E-state index in [-0.39, 0.29) is 5.91 Å². The third-order valence-corrected chi connectivity index (χ3v) is 3.00. The molecule has 1 amide bonds. The number of nitrogens with one attached hydrogen (secondary N) is 1. The molecule has 18 heavy (non-hydrogen) atoms. The molecule has 0 heterocycles. The zero-order valence-electron chi connectivity index (χ0n) is 11.5. The van der Waals surface area contributed by atoms with E-state index in [0.29, 0.717) is 6.42 Å². The summed E-state index contributed by atoms with van der Waals surface area (Å²) in [5.41, 5.74) is 8.51. The Bertz CT molecular complexity index is 430. The fraction of sp³-hybridized carbons (Fsp3) is 0.500. The van der Waals surface area contributed by atoms with Gasteiger partial charge in [0.2, 0.25) is 5.91 Å². The van der Waals surface area contributed by atoms with Crippen molar-refractivity contribution >= 4 is 11.6 Å². The minimum absolute atomic E-state index is 0.147. The van der Waals surface area contributed by atoms with E-state index >= 15 is 0 Å². The van der Waals surface area contributed by atoms with Crippen LogP contribution in [0.15, 0.2) is 12.1 Å². The Morgan fingerprint density at radius 1 is 1.44 bits per heavy atom. The average molecular weight is 250 g/mol. The Kier molecular flexibility index (Phi) is 5.16. The number of amides is 1. The number of carbonyl (C=O) groups excluding carboxylic acids is 1. The number of benzene rings is 1. The van der Waals surface area contributed by atoms with Crippen molar-refractivity contribution in [3.63, 3.8) is 0 Å². The van der Waals surface area contributed by atoms with Crippen molar-refractivity contribution in [3.8, 4) is 5.75 Å². The number of aryl methyl sites for hydroxylation is 1. The lowest BCUT2D eigenvalue weighted by Crippen LogP contribution is -2.35. The number of carbonyl (C=O) groups is 1. The average Bonchev–Trinajstić information content (AvgIpc) is 2.33. The number of hydrogen-bond donors (Lipinski definition) is 2. The van der Waals surface area contributed by atoms with Crippen LogP contribution in [-0.2, 0) is 4.79 Å². The molecule has 0 radical (unpaired) electrons. The van der Waals surface area contributed by atoms with Crippen LogP contribution in [0.3, 0.4) is 0 Å². The van der Waals surface area contributed by atoms with Crippen LogP contribution in [0, 0.1) is 13.8 Å². The van der Waals surface area contributed by atoms with Crippen LogP contribution in [0.4, 0.5) is 5.69 Å². The lowest BCUT2D eigenvalue weighted by atomic mass is 10.1. The van der Waals surface area contributed by atoms with Gasteiger partial charge in [0.1, 0.15) is 5.75 Å². The molecule has 0 aromatic heterocycles. The molecule has 0 aliphatic rings. The summed E-state index contributed by atoms with van der Waals surface area (Å²) < 4.78 is 5.32. The van der Waals surface area contributed by atoms with Gasteiger partial charge in [0.25, 0.3) is 0 Å². The first-order valence-electron chi connectivity index (χ1n) is 6.21. The number of ether oxygens (including phenoxy) is 1. The maximum atomic E-state index is 11.9. The first kappa shape index (κ1) is 14.5. The summed E-state index contributed by atoms with van der Waals surface area (Å²) in [6, 6.07) is 3.35. The van der Waals surface area contributed by atoms with Gasteiger partial charge in [0.05, 0.1) is 13.2 Å². The van der Waals surface area contributed by atoms with Gasteiger partial charge in [-0.2, -0.15) is 0 Å². The van der Waals surface area contributed by atoms with Crippen molar-refractivity contribution in [2.24, 2.45) is 5.73 Å². The van der Waals surface area contributed by atoms with Crippen LogP contribution in [-0.4, -0.2) is 19.1 Å². The summed E-state index contributed by atoms with van der Waals surface area (Å²) in [5, 5.41) is 2.85. The van der Waals surface area contributed by atoms with Gasteiger partial charge in [0.15, 0.2) is 0 Å². The van der Waals surface area contributed by atoms with Crippen molar-refractivity contribution in [3.05, 3.63) is 23.3 Å². The summed E-state index contributed by atoms with van der Waals surface area (Å²) in [6.07, 6.45) is 1.58. The standard InChI is InChI=1S/C14H22N2O2/c1-5-6-11(15)14(17)16-12-8-7-9(2)13(18-4)10(12)3/h7-8,11H,5-6,15H2,1-4H3,(H,16,17)/t11-/m1/s1. The number of nitrogens with two attached hydrogens (primary N) is 1. The predicted octanol–water partition coefficient (Wildman–Crippen LogP) is 2.38. The second-order valence-corrected chi connectivity index (χ2v) is 4.47. The van der Waals surface area contributed by atoms with Crippen molar-refractivity contribution < 1.29 is 9.53 Å². The Balaban J connectivity index is 2.89. The van der Waals surface area contributed by atoms with Crippen LogP contribution in [0.1, 0.15) is 30.9 Å². The minimum atomic E-state index is -0.457. The largest absolute Gasteiger partial charge is 0.496 e. The van der Waals surface area contributed by atoms with Crippen LogP contribution >= 0.6 is 0 Å². The van der Waals surface area contributed by atoms with E-state index in [9.17, 15) is 4.79 Å². The Labute approximate surface area is 109 Å². The molecule has 0 aliphatic heterocycles. The summed E-state index contributed by atoms with van der Waals surface area (Å²) in [6.45, 7) is 5.90. The minimum Gasteiger partial charge on any atom is -0.496 e. The quantitative estimate of drug-likeness (QED) is 0.843. The molecule has 0 aliphatic carbocycles. The second-order valence-electron chi connectivity index (χ2n) is 4.47. The third kappa shape index (κ3) is 3.23. The Morgan fingerprint density at radius 3 is 2.67 bits per heavy atom. The zero-order chi connectivity index (χ0) is 13.7. The molecular formula is C14H22N2O2. The molecule has 0 saturated heterocycles. The molecule has 4 heteroatoms. The number of hydrogen-bond acceptors (Lipinski definition) is 3. The third-order valence-electron chi connectivity index (χ3n) is 3.00. The highest BCUT2D eigenvalue weighted by Gasteiger charge is 2.15. The maximum absolute atomic E-state index is 11.9. The molecule has 1 atom stereocenters. The highest BCUT2D eigenvalue weighted by molar-refractivity contribution is 5.95. The molecule has 1 rings (SSSR count). The first-order chi connectivity index (χ1) is 8.51. The van der Waals surface area contributed by atoms with Crippen LogP contribution in [0.25, 0.3) is 0 Å². The summed E-state index contributed by atoms with van der Waals surface area (Å²) in [5.74, 6) is 0.655. The fourth-order valence-electron chi connectivity index (χ4n) is 1.94. The van der Waals surface area contributed by atoms with E-state index in [1.54, 1.807) is 7.11 Å². The van der Waals surface area contributed by atoms with E-state index in [0.717, 1.165) is 29.0 Å². The Morgan fingerprint density at radius 2 is 2.11 bits per heavy atom. The van der Waals surface area contributed by atoms with Gasteiger partial charge in [-0.05, 0) is 31.9 Å². The number of anilines is 1. The highest BCUT2D eigenvalue weighted by Crippen LogP contribution is 2.29. The van der Waals surface area contributed by atoms with Crippen molar-refractivity contribution in [2.45, 2.75) is 39.7 Å². The molecule has 0 bridgehead atoms. The summed E-state index contributed by atoms with van der Waals surface area (Å²) in [7, 11) is 1.63. The topological polar surface area (TPSA) is 64.4 Å². The van der Waals surface area contributed by atoms with E-state index in [1.165, 1.54) is 0 Å². The first-order valence-corrected chi connectivity index (χ1v) is 6.21. The summed E-state index contributed by atoms with van der Waals surface area (Å²) >= 11 is 0. The highest BCUT2D eigenvalue weighted by atomic mass is 16.5. The van der Waals surface area contributed by atoms with Gasteiger partial charge >= 0.3 is 0 Å². The van der Waals surface area contributed by atoms with Crippen molar-refractivity contribution in [1.29, 1.82) is 0 Å². The van der Waals surface area contributed by atoms with Gasteiger partial charge < -0.3 is 15.8 Å². The van der Waals surface area contributed by atoms with Crippen molar-refractivity contribution in [1.82, 2.24) is 0 Å². The van der Waals surface area contributed by atoms with Crippen LogP contribution in [0.2, 0.25) is 0 Å². The molecule has 0 unspecified atom stereocenters. The van der Waals surface area contributed by atoms with Crippen LogP contribution < -0.4 is 15.8 Å². The Hall–Kier alpha value is -1.55. The van der Waals surface area contributed by atoms with E-state index < -0.39 is 6.04 Å². The molecule has 1 aromatic rings. The predicted molar refractivity (Wildman–Crippen MR) is 74.0 cm³/mol. The molecule has 1 aromatic carbocycles. The van der Waals surface area contributed by atoms with Gasteiger partial charge in [-0.25, -0.2) is 0 Å². The molecule has 0 spiro atoms. The molecule has 100 valence electrons. The van der Waals surface area contributed by atoms with E-state index in [2.05, 4.69) is 5.32 Å². The van der Waals surface area contributed by atoms with E-state index in [1.807, 2.05) is 32.9 Å². The summed E-state index contributed by atoms with van der Waals surface area (Å²) in [4.78, 5) is 11.9. The van der Waals surface area contributed by atoms with Gasteiger partial charge in [-0.3, -0.25) is 4.79 Å². The van der Waals surface area contributed by atoms with Crippen molar-refractivity contribution in [2.75, 3.05) is 12.4 Å². The monoisotopic (exact) mass is 250 g/mol. The number of methoxy groups -OCH3 is 1. The lowest BCUT2D eigenvalue weighted by Gasteiger charge is -2.16. The second kappa shape index (κ2) is 6.40. The fourth-order valence-corrected chi connectivity index (χ4v) is 1.94. The molecule has 4 nitrogen and oxygen atoms in total. The van der Waals surface area contributed by atoms with Crippen LogP contribution in [0.5, 0.6) is 5.75 Å². The van der Waals surface area contributed by atoms with E-state index in [4.69, 9.17) is 10.5 Å². The molecule has 0 saturated carbocycles. The number of rotatable bonds is 5. The SMILES string of the molecule is CCC[C@@H](N)C(=O)Nc1ccc(C)c(OC)c1C. The molecular weight excluding hydrogens is 228 g/mol. The normalized spacial score (nSPS) is 12.1. The smallest absolute Gasteiger partial charge is 0.241 e. The molecule has 0 fully saturated rings. The maximum Gasteiger partial charge on any atom is 0.241 e. The van der Waals surface area contributed by atoms with Gasteiger partial charge in [-0.1, -0.05) is 19.4 Å². The lowest BCUT2D eigenvalue weighted by molar-refractivity contribution is -0.117. The van der Waals surface area contributed by atoms with Gasteiger partial charge in [-0.15, -0.1) is 0 Å². The zero-order valence-corrected chi connectivity index (χ0v) is 11.5. The van der Waals surface area contributed by atoms with Gasteiger partial charge in [0, 0.05) is 11.3 Å².